The molecule has 0 aliphatic heterocycles. The van der Waals surface area contributed by atoms with Crippen molar-refractivity contribution in [3.63, 3.8) is 0 Å². The van der Waals surface area contributed by atoms with E-state index in [1.165, 1.54) is 0 Å². The fourth-order valence-electron chi connectivity index (χ4n) is 2.22. The molecule has 1 aromatic heterocycles. The van der Waals surface area contributed by atoms with Crippen LogP contribution in [0.1, 0.15) is 5.56 Å². The van der Waals surface area contributed by atoms with Gasteiger partial charge in [-0.15, -0.1) is 0 Å². The molecule has 2 aromatic rings. The van der Waals surface area contributed by atoms with Crippen molar-refractivity contribution >= 4 is 0 Å². The first kappa shape index (κ1) is 15.1. The minimum Gasteiger partial charge on any atom is -0.493 e. The molecule has 1 aromatic carbocycles. The van der Waals surface area contributed by atoms with E-state index in [2.05, 4.69) is 10.3 Å². The molecule has 5 nitrogen and oxygen atoms in total. The number of methoxy groups -OCH3 is 3. The molecule has 0 amide bonds. The van der Waals surface area contributed by atoms with Gasteiger partial charge in [0.2, 0.25) is 5.88 Å². The third-order valence-corrected chi connectivity index (χ3v) is 3.23. The normalized spacial score (nSPS) is 10.3. The molecule has 1 N–H and O–H groups in total. The molecule has 0 radical (unpaired) electrons. The number of nitrogens with zero attached hydrogens (tertiary/aromatic N) is 1. The average Bonchev–Trinajstić information content (AvgIpc) is 2.54. The number of hydrogen-bond donors (Lipinski definition) is 1. The molecule has 5 heteroatoms. The third kappa shape index (κ3) is 3.25. The van der Waals surface area contributed by atoms with Gasteiger partial charge in [0.15, 0.2) is 11.5 Å². The largest absolute Gasteiger partial charge is 0.493 e. The van der Waals surface area contributed by atoms with Gasteiger partial charge in [-0.25, -0.2) is 4.98 Å². The average molecular weight is 288 g/mol. The van der Waals surface area contributed by atoms with Crippen LogP contribution in [0, 0.1) is 0 Å². The lowest BCUT2D eigenvalue weighted by atomic mass is 9.99. The number of aromatic nitrogens is 1. The van der Waals surface area contributed by atoms with Gasteiger partial charge in [-0.1, -0.05) is 0 Å². The Bertz CT molecular complexity index is 614. The van der Waals surface area contributed by atoms with Gasteiger partial charge in [-0.05, 0) is 41.9 Å². The SMILES string of the molecule is CNCc1cc(OC)c(OC)cc1-c1ccnc(OC)c1. The standard InChI is InChI=1S/C16H20N2O3/c1-17-10-12-7-14(19-2)15(20-3)9-13(12)11-5-6-18-16(8-11)21-4/h5-9,17H,10H2,1-4H3. The topological polar surface area (TPSA) is 52.6 Å². The monoisotopic (exact) mass is 288 g/mol. The van der Waals surface area contributed by atoms with Gasteiger partial charge >= 0.3 is 0 Å². The fourth-order valence-corrected chi connectivity index (χ4v) is 2.22. The van der Waals surface area contributed by atoms with Crippen LogP contribution >= 0.6 is 0 Å². The Kier molecular flexibility index (Phi) is 5.00. The van der Waals surface area contributed by atoms with Crippen molar-refractivity contribution in [1.29, 1.82) is 0 Å². The zero-order valence-electron chi connectivity index (χ0n) is 12.8. The highest BCUT2D eigenvalue weighted by atomic mass is 16.5. The van der Waals surface area contributed by atoms with Crippen molar-refractivity contribution in [3.05, 3.63) is 36.0 Å². The Morgan fingerprint density at radius 1 is 1.00 bits per heavy atom. The molecule has 0 unspecified atom stereocenters. The molecule has 0 spiro atoms. The van der Waals surface area contributed by atoms with Gasteiger partial charge in [-0.3, -0.25) is 0 Å². The summed E-state index contributed by atoms with van der Waals surface area (Å²) < 4.78 is 16.0. The van der Waals surface area contributed by atoms with E-state index in [0.717, 1.165) is 23.2 Å². The van der Waals surface area contributed by atoms with Crippen LogP contribution in [0.5, 0.6) is 17.4 Å². The van der Waals surface area contributed by atoms with Crippen molar-refractivity contribution < 1.29 is 14.2 Å². The molecular weight excluding hydrogens is 268 g/mol. The summed E-state index contributed by atoms with van der Waals surface area (Å²) in [5, 5.41) is 3.17. The van der Waals surface area contributed by atoms with E-state index in [4.69, 9.17) is 14.2 Å². The van der Waals surface area contributed by atoms with E-state index in [0.29, 0.717) is 17.4 Å². The number of benzene rings is 1. The number of ether oxygens (including phenoxy) is 3. The maximum atomic E-state index is 5.40. The first-order valence-corrected chi connectivity index (χ1v) is 6.63. The molecule has 2 rings (SSSR count). The molecule has 0 aliphatic carbocycles. The fraction of sp³-hybridized carbons (Fsp3) is 0.312. The lowest BCUT2D eigenvalue weighted by Gasteiger charge is -2.15. The molecular formula is C16H20N2O3. The van der Waals surface area contributed by atoms with Gasteiger partial charge in [0, 0.05) is 18.8 Å². The van der Waals surface area contributed by atoms with Crippen LogP contribution in [0.2, 0.25) is 0 Å². The van der Waals surface area contributed by atoms with E-state index >= 15 is 0 Å². The molecule has 0 aliphatic rings. The Morgan fingerprint density at radius 3 is 2.33 bits per heavy atom. The minimum atomic E-state index is 0.581. The van der Waals surface area contributed by atoms with Crippen molar-refractivity contribution in [2.24, 2.45) is 0 Å². The van der Waals surface area contributed by atoms with E-state index < -0.39 is 0 Å². The van der Waals surface area contributed by atoms with Gasteiger partial charge < -0.3 is 19.5 Å². The van der Waals surface area contributed by atoms with E-state index in [1.54, 1.807) is 27.5 Å². The van der Waals surface area contributed by atoms with E-state index in [-0.39, 0.29) is 0 Å². The quantitative estimate of drug-likeness (QED) is 0.885. The van der Waals surface area contributed by atoms with Gasteiger partial charge in [0.1, 0.15) is 0 Å². The Morgan fingerprint density at radius 2 is 1.71 bits per heavy atom. The van der Waals surface area contributed by atoms with Crippen molar-refractivity contribution in [2.45, 2.75) is 6.54 Å². The summed E-state index contributed by atoms with van der Waals surface area (Å²) in [6.07, 6.45) is 1.73. The highest BCUT2D eigenvalue weighted by molar-refractivity contribution is 5.71. The molecule has 0 saturated carbocycles. The summed E-state index contributed by atoms with van der Waals surface area (Å²) in [5.74, 6) is 1.99. The summed E-state index contributed by atoms with van der Waals surface area (Å²) in [4.78, 5) is 4.14. The summed E-state index contributed by atoms with van der Waals surface area (Å²) in [6, 6.07) is 7.81. The summed E-state index contributed by atoms with van der Waals surface area (Å²) in [6.45, 7) is 0.723. The summed E-state index contributed by atoms with van der Waals surface area (Å²) >= 11 is 0. The van der Waals surface area contributed by atoms with Crippen LogP contribution in [0.3, 0.4) is 0 Å². The predicted octanol–water partition coefficient (Wildman–Crippen LogP) is 2.49. The number of rotatable bonds is 6. The van der Waals surface area contributed by atoms with Crippen LogP contribution in [0.25, 0.3) is 11.1 Å². The maximum absolute atomic E-state index is 5.40. The lowest BCUT2D eigenvalue weighted by Crippen LogP contribution is -2.07. The molecule has 0 atom stereocenters. The van der Waals surface area contributed by atoms with Crippen LogP contribution in [-0.2, 0) is 6.54 Å². The van der Waals surface area contributed by atoms with Crippen LogP contribution in [0.15, 0.2) is 30.5 Å². The number of nitrogens with one attached hydrogen (secondary N) is 1. The lowest BCUT2D eigenvalue weighted by molar-refractivity contribution is 0.354. The second kappa shape index (κ2) is 6.95. The van der Waals surface area contributed by atoms with Crippen LogP contribution in [0.4, 0.5) is 0 Å². The zero-order valence-corrected chi connectivity index (χ0v) is 12.8. The molecule has 0 saturated heterocycles. The van der Waals surface area contributed by atoms with Crippen molar-refractivity contribution in [1.82, 2.24) is 10.3 Å². The summed E-state index contributed by atoms with van der Waals surface area (Å²) in [5.41, 5.74) is 3.19. The van der Waals surface area contributed by atoms with Crippen LogP contribution < -0.4 is 19.5 Å². The first-order chi connectivity index (χ1) is 10.2. The molecule has 112 valence electrons. The Balaban J connectivity index is 2.58. The van der Waals surface area contributed by atoms with Crippen molar-refractivity contribution in [3.8, 4) is 28.5 Å². The van der Waals surface area contributed by atoms with Gasteiger partial charge in [0.25, 0.3) is 0 Å². The number of pyridine rings is 1. The third-order valence-electron chi connectivity index (χ3n) is 3.23. The maximum Gasteiger partial charge on any atom is 0.213 e. The smallest absolute Gasteiger partial charge is 0.213 e. The van der Waals surface area contributed by atoms with Gasteiger partial charge in [0.05, 0.1) is 21.3 Å². The highest BCUT2D eigenvalue weighted by Crippen LogP contribution is 2.36. The molecule has 0 bridgehead atoms. The van der Waals surface area contributed by atoms with Crippen molar-refractivity contribution in [2.75, 3.05) is 28.4 Å². The second-order valence-corrected chi connectivity index (χ2v) is 4.48. The summed E-state index contributed by atoms with van der Waals surface area (Å²) in [7, 11) is 6.78. The van der Waals surface area contributed by atoms with E-state index in [1.807, 2.05) is 31.3 Å². The number of hydrogen-bond acceptors (Lipinski definition) is 5. The van der Waals surface area contributed by atoms with Crippen LogP contribution in [-0.4, -0.2) is 33.4 Å². The molecule has 0 fully saturated rings. The minimum absolute atomic E-state index is 0.581. The first-order valence-electron chi connectivity index (χ1n) is 6.63. The Labute approximate surface area is 124 Å². The van der Waals surface area contributed by atoms with E-state index in [9.17, 15) is 0 Å². The zero-order chi connectivity index (χ0) is 15.2. The predicted molar refractivity (Wildman–Crippen MR) is 82.1 cm³/mol. The highest BCUT2D eigenvalue weighted by Gasteiger charge is 2.13. The second-order valence-electron chi connectivity index (χ2n) is 4.48. The molecule has 21 heavy (non-hydrogen) atoms. The Hall–Kier alpha value is -2.27. The van der Waals surface area contributed by atoms with Gasteiger partial charge in [-0.2, -0.15) is 0 Å². The molecule has 1 heterocycles.